The van der Waals surface area contributed by atoms with Gasteiger partial charge in [0.1, 0.15) is 5.75 Å². The van der Waals surface area contributed by atoms with Crippen molar-refractivity contribution >= 4 is 11.8 Å². The first-order valence-electron chi connectivity index (χ1n) is 6.32. The van der Waals surface area contributed by atoms with Crippen LogP contribution in [0.2, 0.25) is 0 Å². The zero-order valence-electron chi connectivity index (χ0n) is 11.6. The fourth-order valence-corrected chi connectivity index (χ4v) is 1.69. The summed E-state index contributed by atoms with van der Waals surface area (Å²) in [5, 5.41) is 2.68. The molecular formula is C14H20N2O3. The predicted octanol–water partition coefficient (Wildman–Crippen LogP) is 1.29. The van der Waals surface area contributed by atoms with Crippen molar-refractivity contribution in [2.75, 3.05) is 26.7 Å². The average Bonchev–Trinajstić information content (AvgIpc) is 2.44. The summed E-state index contributed by atoms with van der Waals surface area (Å²) in [5.41, 5.74) is 0.519. The Kier molecular flexibility index (Phi) is 5.85. The van der Waals surface area contributed by atoms with Crippen LogP contribution in [-0.2, 0) is 4.79 Å². The molecule has 19 heavy (non-hydrogen) atoms. The van der Waals surface area contributed by atoms with Gasteiger partial charge in [-0.1, -0.05) is 6.07 Å². The smallest absolute Gasteiger partial charge is 0.254 e. The zero-order valence-corrected chi connectivity index (χ0v) is 11.6. The topological polar surface area (TPSA) is 58.6 Å². The lowest BCUT2D eigenvalue weighted by Gasteiger charge is -2.20. The van der Waals surface area contributed by atoms with E-state index in [4.69, 9.17) is 4.74 Å². The molecule has 1 aromatic rings. The van der Waals surface area contributed by atoms with Gasteiger partial charge in [-0.25, -0.2) is 0 Å². The van der Waals surface area contributed by atoms with Crippen LogP contribution in [0.25, 0.3) is 0 Å². The molecule has 104 valence electrons. The lowest BCUT2D eigenvalue weighted by molar-refractivity contribution is -0.121. The van der Waals surface area contributed by atoms with E-state index in [0.717, 1.165) is 0 Å². The highest BCUT2D eigenvalue weighted by atomic mass is 16.5. The highest BCUT2D eigenvalue weighted by molar-refractivity contribution is 5.96. The summed E-state index contributed by atoms with van der Waals surface area (Å²) in [5.74, 6) is 0.299. The molecule has 0 radical (unpaired) electrons. The van der Waals surface area contributed by atoms with Crippen LogP contribution in [0.5, 0.6) is 5.75 Å². The molecule has 0 fully saturated rings. The number of amides is 2. The molecule has 1 N–H and O–H groups in total. The summed E-state index contributed by atoms with van der Waals surface area (Å²) in [7, 11) is 1.55. The summed E-state index contributed by atoms with van der Waals surface area (Å²) < 4.78 is 5.09. The standard InChI is InChI=1S/C14H20N2O3/c1-4-15-13(17)10-16(5-2)14(18)11-7-6-8-12(9-11)19-3/h6-9H,4-5,10H2,1-3H3,(H,15,17). The number of carbonyl (C=O) groups is 2. The van der Waals surface area contributed by atoms with Crippen molar-refractivity contribution in [3.63, 3.8) is 0 Å². The first-order valence-corrected chi connectivity index (χ1v) is 6.32. The summed E-state index contributed by atoms with van der Waals surface area (Å²) >= 11 is 0. The van der Waals surface area contributed by atoms with Gasteiger partial charge < -0.3 is 15.0 Å². The fraction of sp³-hybridized carbons (Fsp3) is 0.429. The van der Waals surface area contributed by atoms with E-state index in [1.807, 2.05) is 13.8 Å². The maximum Gasteiger partial charge on any atom is 0.254 e. The van der Waals surface area contributed by atoms with Gasteiger partial charge in [0.2, 0.25) is 5.91 Å². The SMILES string of the molecule is CCNC(=O)CN(CC)C(=O)c1cccc(OC)c1. The molecule has 0 atom stereocenters. The summed E-state index contributed by atoms with van der Waals surface area (Å²) in [6, 6.07) is 6.91. The predicted molar refractivity (Wildman–Crippen MR) is 73.3 cm³/mol. The van der Waals surface area contributed by atoms with Crippen molar-refractivity contribution in [1.29, 1.82) is 0 Å². The highest BCUT2D eigenvalue weighted by Gasteiger charge is 2.17. The Morgan fingerprint density at radius 3 is 2.63 bits per heavy atom. The molecule has 0 saturated heterocycles. The summed E-state index contributed by atoms with van der Waals surface area (Å²) in [6.45, 7) is 4.80. The number of nitrogens with one attached hydrogen (secondary N) is 1. The molecule has 0 aliphatic carbocycles. The molecule has 2 amide bonds. The molecule has 0 unspecified atom stereocenters. The normalized spacial score (nSPS) is 9.84. The Labute approximate surface area is 113 Å². The third kappa shape index (κ3) is 4.28. The fourth-order valence-electron chi connectivity index (χ4n) is 1.69. The van der Waals surface area contributed by atoms with Crippen LogP contribution in [0, 0.1) is 0 Å². The summed E-state index contributed by atoms with van der Waals surface area (Å²) in [4.78, 5) is 25.3. The van der Waals surface area contributed by atoms with Crippen molar-refractivity contribution in [2.45, 2.75) is 13.8 Å². The molecule has 5 nitrogen and oxygen atoms in total. The number of benzene rings is 1. The number of likely N-dealkylation sites (N-methyl/N-ethyl adjacent to an activating group) is 2. The van der Waals surface area contributed by atoms with Gasteiger partial charge in [0.05, 0.1) is 13.7 Å². The quantitative estimate of drug-likeness (QED) is 0.842. The second-order valence-corrected chi connectivity index (χ2v) is 4.00. The molecule has 0 bridgehead atoms. The number of ether oxygens (including phenoxy) is 1. The van der Waals surface area contributed by atoms with E-state index in [0.29, 0.717) is 24.4 Å². The van der Waals surface area contributed by atoms with Gasteiger partial charge in [-0.2, -0.15) is 0 Å². The van der Waals surface area contributed by atoms with Gasteiger partial charge in [-0.15, -0.1) is 0 Å². The van der Waals surface area contributed by atoms with Crippen LogP contribution >= 0.6 is 0 Å². The van der Waals surface area contributed by atoms with Crippen molar-refractivity contribution in [3.8, 4) is 5.75 Å². The zero-order chi connectivity index (χ0) is 14.3. The van der Waals surface area contributed by atoms with Crippen LogP contribution in [-0.4, -0.2) is 43.5 Å². The minimum Gasteiger partial charge on any atom is -0.497 e. The number of hydrogen-bond donors (Lipinski definition) is 1. The van der Waals surface area contributed by atoms with Gasteiger partial charge in [0, 0.05) is 18.7 Å². The number of methoxy groups -OCH3 is 1. The van der Waals surface area contributed by atoms with Gasteiger partial charge in [0.25, 0.3) is 5.91 Å². The van der Waals surface area contributed by atoms with Crippen LogP contribution < -0.4 is 10.1 Å². The molecule has 0 aromatic heterocycles. The monoisotopic (exact) mass is 264 g/mol. The van der Waals surface area contributed by atoms with Gasteiger partial charge in [-0.3, -0.25) is 9.59 Å². The van der Waals surface area contributed by atoms with E-state index in [-0.39, 0.29) is 18.4 Å². The molecule has 5 heteroatoms. The number of nitrogens with zero attached hydrogens (tertiary/aromatic N) is 1. The Morgan fingerprint density at radius 2 is 2.05 bits per heavy atom. The van der Waals surface area contributed by atoms with Crippen LogP contribution in [0.4, 0.5) is 0 Å². The minimum absolute atomic E-state index is 0.0698. The van der Waals surface area contributed by atoms with E-state index in [2.05, 4.69) is 5.32 Å². The van der Waals surface area contributed by atoms with Crippen molar-refractivity contribution < 1.29 is 14.3 Å². The molecule has 0 saturated carbocycles. The third-order valence-corrected chi connectivity index (χ3v) is 2.69. The number of carbonyl (C=O) groups excluding carboxylic acids is 2. The number of hydrogen-bond acceptors (Lipinski definition) is 3. The van der Waals surface area contributed by atoms with Crippen LogP contribution in [0.15, 0.2) is 24.3 Å². The minimum atomic E-state index is -0.173. The molecule has 0 aliphatic rings. The van der Waals surface area contributed by atoms with E-state index in [1.54, 1.807) is 31.4 Å². The second kappa shape index (κ2) is 7.41. The van der Waals surface area contributed by atoms with Crippen molar-refractivity contribution in [2.24, 2.45) is 0 Å². The van der Waals surface area contributed by atoms with Crippen LogP contribution in [0.3, 0.4) is 0 Å². The Bertz CT molecular complexity index is 446. The average molecular weight is 264 g/mol. The van der Waals surface area contributed by atoms with Gasteiger partial charge in [0.15, 0.2) is 0 Å². The van der Waals surface area contributed by atoms with Crippen LogP contribution in [0.1, 0.15) is 24.2 Å². The lowest BCUT2D eigenvalue weighted by atomic mass is 10.2. The first-order chi connectivity index (χ1) is 9.12. The molecule has 1 aromatic carbocycles. The largest absolute Gasteiger partial charge is 0.497 e. The molecule has 0 aliphatic heterocycles. The van der Waals surface area contributed by atoms with Crippen molar-refractivity contribution in [1.82, 2.24) is 10.2 Å². The Balaban J connectivity index is 2.79. The first kappa shape index (κ1) is 15.0. The molecule has 0 heterocycles. The maximum absolute atomic E-state index is 12.3. The Hall–Kier alpha value is -2.04. The van der Waals surface area contributed by atoms with E-state index < -0.39 is 0 Å². The maximum atomic E-state index is 12.3. The molecular weight excluding hydrogens is 244 g/mol. The van der Waals surface area contributed by atoms with Gasteiger partial charge in [-0.05, 0) is 32.0 Å². The summed E-state index contributed by atoms with van der Waals surface area (Å²) in [6.07, 6.45) is 0. The molecule has 0 spiro atoms. The highest BCUT2D eigenvalue weighted by Crippen LogP contribution is 2.14. The van der Waals surface area contributed by atoms with E-state index >= 15 is 0 Å². The number of rotatable bonds is 6. The van der Waals surface area contributed by atoms with Gasteiger partial charge >= 0.3 is 0 Å². The van der Waals surface area contributed by atoms with E-state index in [1.165, 1.54) is 4.90 Å². The Morgan fingerprint density at radius 1 is 1.32 bits per heavy atom. The lowest BCUT2D eigenvalue weighted by Crippen LogP contribution is -2.40. The molecule has 1 rings (SSSR count). The third-order valence-electron chi connectivity index (χ3n) is 2.69. The van der Waals surface area contributed by atoms with E-state index in [9.17, 15) is 9.59 Å². The van der Waals surface area contributed by atoms with Crippen molar-refractivity contribution in [3.05, 3.63) is 29.8 Å². The second-order valence-electron chi connectivity index (χ2n) is 4.00.